The van der Waals surface area contributed by atoms with Crippen LogP contribution in [0.4, 0.5) is 35.5 Å². The molecule has 0 aliphatic carbocycles. The fourth-order valence-electron chi connectivity index (χ4n) is 4.70. The number of amides is 2. The second-order valence-electron chi connectivity index (χ2n) is 9.00. The summed E-state index contributed by atoms with van der Waals surface area (Å²) in [4.78, 5) is 16.2. The Kier molecular flexibility index (Phi) is 7.43. The summed E-state index contributed by atoms with van der Waals surface area (Å²) in [6.07, 6.45) is -8.54. The van der Waals surface area contributed by atoms with E-state index in [4.69, 9.17) is 0 Å². The lowest BCUT2D eigenvalue weighted by molar-refractivity contribution is -0.143. The number of hydrogen-bond donors (Lipinski definition) is 0. The largest absolute Gasteiger partial charge is 0.416 e. The fraction of sp³-hybridized carbons (Fsp3) is 0.480. The maximum Gasteiger partial charge on any atom is 0.416 e. The molecule has 0 spiro atoms. The van der Waals surface area contributed by atoms with Crippen LogP contribution >= 0.6 is 0 Å². The van der Waals surface area contributed by atoms with Crippen LogP contribution in [0.25, 0.3) is 0 Å². The molecule has 10 heteroatoms. The van der Waals surface area contributed by atoms with E-state index in [9.17, 15) is 35.5 Å². The van der Waals surface area contributed by atoms with Gasteiger partial charge in [0.1, 0.15) is 5.82 Å². The molecule has 3 rings (SSSR count). The molecular weight excluding hydrogens is 477 g/mol. The van der Waals surface area contributed by atoms with Crippen molar-refractivity contribution < 1.29 is 35.5 Å². The molecule has 0 saturated carbocycles. The van der Waals surface area contributed by atoms with E-state index in [2.05, 4.69) is 0 Å². The molecule has 35 heavy (non-hydrogen) atoms. The van der Waals surface area contributed by atoms with Crippen molar-refractivity contribution in [1.29, 1.82) is 0 Å². The average molecular weight is 504 g/mol. The van der Waals surface area contributed by atoms with Gasteiger partial charge in [0.05, 0.1) is 23.2 Å². The van der Waals surface area contributed by atoms with Crippen molar-refractivity contribution in [1.82, 2.24) is 9.80 Å². The molecule has 1 aliphatic heterocycles. The monoisotopic (exact) mass is 504 g/mol. The Morgan fingerprint density at radius 2 is 1.63 bits per heavy atom. The number of nitrogens with zero attached hydrogens (tertiary/aromatic N) is 2. The number of hydrogen-bond acceptors (Lipinski definition) is 1. The minimum atomic E-state index is -4.98. The van der Waals surface area contributed by atoms with Crippen LogP contribution in [0.15, 0.2) is 36.4 Å². The second-order valence-corrected chi connectivity index (χ2v) is 9.00. The first-order valence-electron chi connectivity index (χ1n) is 11.2. The molecule has 0 N–H and O–H groups in total. The van der Waals surface area contributed by atoms with Gasteiger partial charge >= 0.3 is 18.4 Å². The lowest BCUT2D eigenvalue weighted by Crippen LogP contribution is -2.42. The maximum absolute atomic E-state index is 13.7. The van der Waals surface area contributed by atoms with Gasteiger partial charge in [0, 0.05) is 13.6 Å². The first-order valence-corrected chi connectivity index (χ1v) is 11.2. The third-order valence-electron chi connectivity index (χ3n) is 6.82. The van der Waals surface area contributed by atoms with Gasteiger partial charge in [0.25, 0.3) is 0 Å². The van der Waals surface area contributed by atoms with Crippen molar-refractivity contribution >= 4 is 6.03 Å². The molecule has 0 aromatic heterocycles. The van der Waals surface area contributed by atoms with Crippen LogP contribution < -0.4 is 0 Å². The van der Waals surface area contributed by atoms with Crippen molar-refractivity contribution in [3.05, 3.63) is 70.0 Å². The Hall–Kier alpha value is -2.78. The molecule has 3 atom stereocenters. The standard InChI is InChI=1S/C25H27F7N2O/c1-5-16-8-9-34(22(16)21-7-6-20(26)10-14(21)2)23(35)33(4)15(3)17-11-18(24(27,28)29)13-19(12-17)25(30,31)32/h6-7,10-13,15-16,22H,5,8-9H2,1-4H3/t15-,16+,22+/m0/s1. The van der Waals surface area contributed by atoms with Crippen molar-refractivity contribution in [2.75, 3.05) is 13.6 Å². The zero-order valence-electron chi connectivity index (χ0n) is 19.8. The molecule has 0 unspecified atom stereocenters. The first kappa shape index (κ1) is 26.8. The highest BCUT2D eigenvalue weighted by molar-refractivity contribution is 5.76. The summed E-state index contributed by atoms with van der Waals surface area (Å²) in [6.45, 7) is 5.46. The van der Waals surface area contributed by atoms with Gasteiger partial charge in [-0.2, -0.15) is 26.3 Å². The predicted octanol–water partition coefficient (Wildman–Crippen LogP) is 7.76. The summed E-state index contributed by atoms with van der Waals surface area (Å²) in [6, 6.07) is 3.69. The minimum absolute atomic E-state index is 0.0672. The average Bonchev–Trinajstić information content (AvgIpc) is 3.19. The van der Waals surface area contributed by atoms with Gasteiger partial charge in [-0.25, -0.2) is 9.18 Å². The van der Waals surface area contributed by atoms with Crippen molar-refractivity contribution in [3.63, 3.8) is 0 Å². The second kappa shape index (κ2) is 9.70. The van der Waals surface area contributed by atoms with E-state index in [0.717, 1.165) is 16.9 Å². The third-order valence-corrected chi connectivity index (χ3v) is 6.82. The van der Waals surface area contributed by atoms with Crippen LogP contribution in [0, 0.1) is 18.7 Å². The van der Waals surface area contributed by atoms with E-state index in [-0.39, 0.29) is 23.6 Å². The highest BCUT2D eigenvalue weighted by Crippen LogP contribution is 2.42. The van der Waals surface area contributed by atoms with Gasteiger partial charge in [-0.05, 0) is 73.2 Å². The fourth-order valence-corrected chi connectivity index (χ4v) is 4.70. The van der Waals surface area contributed by atoms with Crippen LogP contribution in [0.1, 0.15) is 66.6 Å². The Morgan fingerprint density at radius 3 is 2.11 bits per heavy atom. The van der Waals surface area contributed by atoms with Crippen LogP contribution in [-0.2, 0) is 12.4 Å². The van der Waals surface area contributed by atoms with E-state index >= 15 is 0 Å². The highest BCUT2D eigenvalue weighted by atomic mass is 19.4. The van der Waals surface area contributed by atoms with Crippen LogP contribution in [-0.4, -0.2) is 29.4 Å². The zero-order valence-corrected chi connectivity index (χ0v) is 19.8. The quantitative estimate of drug-likeness (QED) is 0.391. The highest BCUT2D eigenvalue weighted by Gasteiger charge is 2.41. The summed E-state index contributed by atoms with van der Waals surface area (Å²) in [5.41, 5.74) is -1.70. The lowest BCUT2D eigenvalue weighted by Gasteiger charge is -2.35. The number of rotatable bonds is 4. The summed E-state index contributed by atoms with van der Waals surface area (Å²) in [5.74, 6) is -0.330. The first-order chi connectivity index (χ1) is 16.1. The number of urea groups is 1. The van der Waals surface area contributed by atoms with Gasteiger partial charge in [0.15, 0.2) is 0 Å². The summed E-state index contributed by atoms with van der Waals surface area (Å²) in [5, 5.41) is 0. The molecule has 192 valence electrons. The number of alkyl halides is 6. The van der Waals surface area contributed by atoms with Crippen molar-refractivity contribution in [3.8, 4) is 0 Å². The molecule has 0 radical (unpaired) electrons. The molecule has 1 aliphatic rings. The van der Waals surface area contributed by atoms with Gasteiger partial charge < -0.3 is 9.80 Å². The smallest absolute Gasteiger partial charge is 0.321 e. The third kappa shape index (κ3) is 5.56. The van der Waals surface area contributed by atoms with E-state index in [1.54, 1.807) is 17.9 Å². The number of benzene rings is 2. The van der Waals surface area contributed by atoms with Crippen LogP contribution in [0.5, 0.6) is 0 Å². The van der Waals surface area contributed by atoms with E-state index in [0.29, 0.717) is 30.7 Å². The molecule has 2 amide bonds. The summed E-state index contributed by atoms with van der Waals surface area (Å²) in [7, 11) is 1.36. The SMILES string of the molecule is CC[C@@H]1CCN(C(=O)N(C)[C@@H](C)c2cc(C(F)(F)F)cc(C(F)(F)F)c2)[C@H]1c1ccc(F)cc1C. The summed E-state index contributed by atoms with van der Waals surface area (Å²) >= 11 is 0. The Balaban J connectivity index is 1.96. The topological polar surface area (TPSA) is 23.6 Å². The lowest BCUT2D eigenvalue weighted by atomic mass is 9.89. The van der Waals surface area contributed by atoms with E-state index < -0.39 is 41.4 Å². The van der Waals surface area contributed by atoms with Gasteiger partial charge in [0.2, 0.25) is 0 Å². The molecule has 0 bridgehead atoms. The molecular formula is C25H27F7N2O. The van der Waals surface area contributed by atoms with Crippen molar-refractivity contribution in [2.24, 2.45) is 5.92 Å². The number of aryl methyl sites for hydroxylation is 1. The molecule has 2 aromatic rings. The van der Waals surface area contributed by atoms with Gasteiger partial charge in [-0.15, -0.1) is 0 Å². The Labute approximate surface area is 199 Å². The molecule has 1 fully saturated rings. The zero-order chi connectivity index (χ0) is 26.3. The number of carbonyl (C=O) groups is 1. The number of halogens is 7. The predicted molar refractivity (Wildman–Crippen MR) is 117 cm³/mol. The van der Waals surface area contributed by atoms with E-state index in [1.807, 2.05) is 6.92 Å². The van der Waals surface area contributed by atoms with Crippen LogP contribution in [0.2, 0.25) is 0 Å². The van der Waals surface area contributed by atoms with Gasteiger partial charge in [-0.3, -0.25) is 0 Å². The molecule has 1 saturated heterocycles. The molecule has 2 aromatic carbocycles. The molecule has 1 heterocycles. The van der Waals surface area contributed by atoms with Crippen LogP contribution in [0.3, 0.4) is 0 Å². The molecule has 3 nitrogen and oxygen atoms in total. The maximum atomic E-state index is 13.7. The minimum Gasteiger partial charge on any atom is -0.321 e. The Morgan fingerprint density at radius 1 is 1.06 bits per heavy atom. The number of carbonyl (C=O) groups excluding carboxylic acids is 1. The summed E-state index contributed by atoms with van der Waals surface area (Å²) < 4.78 is 93.5. The van der Waals surface area contributed by atoms with E-state index in [1.165, 1.54) is 26.1 Å². The normalized spacial score (nSPS) is 19.7. The Bertz CT molecular complexity index is 1050. The number of likely N-dealkylation sites (tertiary alicyclic amines) is 1. The van der Waals surface area contributed by atoms with Gasteiger partial charge in [-0.1, -0.05) is 19.4 Å². The van der Waals surface area contributed by atoms with Crippen molar-refractivity contribution in [2.45, 2.75) is 58.0 Å².